The van der Waals surface area contributed by atoms with Crippen LogP contribution in [0.4, 0.5) is 14.5 Å². The van der Waals surface area contributed by atoms with E-state index in [9.17, 15) is 8.78 Å². The van der Waals surface area contributed by atoms with Gasteiger partial charge in [0.15, 0.2) is 0 Å². The zero-order chi connectivity index (χ0) is 13.1. The molecule has 2 aromatic carbocycles. The van der Waals surface area contributed by atoms with Crippen molar-refractivity contribution in [2.45, 2.75) is 6.61 Å². The molecule has 0 amide bonds. The van der Waals surface area contributed by atoms with Gasteiger partial charge in [-0.05, 0) is 24.3 Å². The number of rotatable bonds is 3. The van der Waals surface area contributed by atoms with Crippen molar-refractivity contribution >= 4 is 17.3 Å². The van der Waals surface area contributed by atoms with E-state index in [1.807, 2.05) is 0 Å². The first-order valence-corrected chi connectivity index (χ1v) is 5.56. The van der Waals surface area contributed by atoms with Gasteiger partial charge in [-0.3, -0.25) is 0 Å². The molecular formula is C13H10ClF2NO. The molecule has 18 heavy (non-hydrogen) atoms. The molecule has 0 radical (unpaired) electrons. The highest BCUT2D eigenvalue weighted by atomic mass is 35.5. The van der Waals surface area contributed by atoms with Crippen LogP contribution in [0.1, 0.15) is 5.56 Å². The number of anilines is 1. The average molecular weight is 270 g/mol. The molecule has 0 aromatic heterocycles. The number of nitrogen functional groups attached to an aromatic ring is 1. The van der Waals surface area contributed by atoms with Gasteiger partial charge >= 0.3 is 0 Å². The molecule has 0 heterocycles. The van der Waals surface area contributed by atoms with Crippen LogP contribution in [0.5, 0.6) is 5.75 Å². The fraction of sp³-hybridized carbons (Fsp3) is 0.0769. The van der Waals surface area contributed by atoms with Crippen LogP contribution in [-0.2, 0) is 6.61 Å². The van der Waals surface area contributed by atoms with Gasteiger partial charge in [0, 0.05) is 6.07 Å². The van der Waals surface area contributed by atoms with Gasteiger partial charge in [0.05, 0.1) is 16.3 Å². The van der Waals surface area contributed by atoms with Crippen LogP contribution < -0.4 is 10.5 Å². The number of halogens is 3. The average Bonchev–Trinajstić information content (AvgIpc) is 2.33. The predicted molar refractivity (Wildman–Crippen MR) is 66.6 cm³/mol. The number of ether oxygens (including phenoxy) is 1. The van der Waals surface area contributed by atoms with Crippen molar-refractivity contribution in [2.75, 3.05) is 5.73 Å². The van der Waals surface area contributed by atoms with Crippen LogP contribution >= 0.6 is 11.6 Å². The lowest BCUT2D eigenvalue weighted by atomic mass is 10.2. The van der Waals surface area contributed by atoms with E-state index in [1.54, 1.807) is 12.1 Å². The van der Waals surface area contributed by atoms with Crippen LogP contribution in [0, 0.1) is 11.6 Å². The summed E-state index contributed by atoms with van der Waals surface area (Å²) in [6.45, 7) is -0.209. The fourth-order valence-corrected chi connectivity index (χ4v) is 1.55. The Morgan fingerprint density at radius 1 is 1.11 bits per heavy atom. The monoisotopic (exact) mass is 269 g/mol. The molecule has 0 unspecified atom stereocenters. The van der Waals surface area contributed by atoms with Gasteiger partial charge in [0.2, 0.25) is 0 Å². The Hall–Kier alpha value is -1.81. The molecule has 94 valence electrons. The van der Waals surface area contributed by atoms with E-state index in [2.05, 4.69) is 0 Å². The number of hydrogen-bond acceptors (Lipinski definition) is 2. The molecule has 2 rings (SSSR count). The van der Waals surface area contributed by atoms with Crippen LogP contribution in [0.15, 0.2) is 36.4 Å². The molecule has 0 saturated carbocycles. The number of hydrogen-bond donors (Lipinski definition) is 1. The molecule has 0 aliphatic rings. The van der Waals surface area contributed by atoms with Gasteiger partial charge < -0.3 is 10.5 Å². The maximum Gasteiger partial charge on any atom is 0.132 e. The third-order valence-electron chi connectivity index (χ3n) is 2.41. The van der Waals surface area contributed by atoms with E-state index in [0.717, 1.165) is 0 Å². The summed E-state index contributed by atoms with van der Waals surface area (Å²) in [6, 6.07) is 8.30. The predicted octanol–water partition coefficient (Wildman–Crippen LogP) is 3.78. The normalized spacial score (nSPS) is 10.4. The molecule has 0 aliphatic carbocycles. The van der Waals surface area contributed by atoms with E-state index < -0.39 is 11.6 Å². The summed E-state index contributed by atoms with van der Waals surface area (Å²) < 4.78 is 31.9. The summed E-state index contributed by atoms with van der Waals surface area (Å²) in [5, 5.41) is 0.402. The summed E-state index contributed by atoms with van der Waals surface area (Å²) in [7, 11) is 0. The maximum absolute atomic E-state index is 13.3. The zero-order valence-corrected chi connectivity index (χ0v) is 10.0. The van der Waals surface area contributed by atoms with E-state index in [0.29, 0.717) is 16.5 Å². The molecule has 2 aromatic rings. The highest BCUT2D eigenvalue weighted by molar-refractivity contribution is 6.33. The van der Waals surface area contributed by atoms with Crippen LogP contribution in [-0.4, -0.2) is 0 Å². The summed E-state index contributed by atoms with van der Waals surface area (Å²) in [5.41, 5.74) is 5.82. The molecule has 5 heteroatoms. The SMILES string of the molecule is Nc1cc(OCc2c(F)cccc2F)ccc1Cl. The Balaban J connectivity index is 2.14. The topological polar surface area (TPSA) is 35.2 Å². The minimum absolute atomic E-state index is 0.119. The largest absolute Gasteiger partial charge is 0.489 e. The molecule has 0 atom stereocenters. The van der Waals surface area contributed by atoms with Gasteiger partial charge in [-0.25, -0.2) is 8.78 Å². The van der Waals surface area contributed by atoms with E-state index >= 15 is 0 Å². The van der Waals surface area contributed by atoms with Crippen molar-refractivity contribution in [2.24, 2.45) is 0 Å². The molecule has 2 N–H and O–H groups in total. The number of nitrogens with two attached hydrogens (primary N) is 1. The standard InChI is InChI=1S/C13H10ClF2NO/c14-10-5-4-8(6-13(10)17)18-7-9-11(15)2-1-3-12(9)16/h1-6H,7,17H2. The first-order valence-electron chi connectivity index (χ1n) is 5.18. The van der Waals surface area contributed by atoms with E-state index in [-0.39, 0.29) is 12.2 Å². The Bertz CT molecular complexity index is 555. The van der Waals surface area contributed by atoms with Gasteiger partial charge in [-0.2, -0.15) is 0 Å². The first kappa shape index (κ1) is 12.6. The van der Waals surface area contributed by atoms with Gasteiger partial charge in [0.25, 0.3) is 0 Å². The van der Waals surface area contributed by atoms with Crippen molar-refractivity contribution in [1.29, 1.82) is 0 Å². The highest BCUT2D eigenvalue weighted by Crippen LogP contribution is 2.25. The Morgan fingerprint density at radius 2 is 1.78 bits per heavy atom. The quantitative estimate of drug-likeness (QED) is 0.861. The summed E-state index contributed by atoms with van der Waals surface area (Å²) >= 11 is 5.75. The lowest BCUT2D eigenvalue weighted by Gasteiger charge is -2.09. The molecule has 2 nitrogen and oxygen atoms in total. The maximum atomic E-state index is 13.3. The molecular weight excluding hydrogens is 260 g/mol. The van der Waals surface area contributed by atoms with Crippen molar-refractivity contribution in [3.63, 3.8) is 0 Å². The second-order valence-electron chi connectivity index (χ2n) is 3.67. The molecule has 0 saturated heterocycles. The highest BCUT2D eigenvalue weighted by Gasteiger charge is 2.09. The molecule has 0 aliphatic heterocycles. The van der Waals surface area contributed by atoms with Gasteiger partial charge in [0.1, 0.15) is 24.0 Å². The lowest BCUT2D eigenvalue weighted by Crippen LogP contribution is -2.02. The molecule has 0 spiro atoms. The van der Waals surface area contributed by atoms with Gasteiger partial charge in [-0.15, -0.1) is 0 Å². The Labute approximate surface area is 108 Å². The minimum Gasteiger partial charge on any atom is -0.489 e. The number of benzene rings is 2. The lowest BCUT2D eigenvalue weighted by molar-refractivity contribution is 0.292. The summed E-state index contributed by atoms with van der Waals surface area (Å²) in [5.74, 6) is -0.881. The minimum atomic E-state index is -0.642. The van der Waals surface area contributed by atoms with Crippen molar-refractivity contribution in [3.8, 4) is 5.75 Å². The Morgan fingerprint density at radius 3 is 2.39 bits per heavy atom. The van der Waals surface area contributed by atoms with Crippen molar-refractivity contribution in [1.82, 2.24) is 0 Å². The second kappa shape index (κ2) is 5.23. The third-order valence-corrected chi connectivity index (χ3v) is 2.76. The van der Waals surface area contributed by atoms with Crippen LogP contribution in [0.3, 0.4) is 0 Å². The molecule has 0 fully saturated rings. The molecule has 0 bridgehead atoms. The zero-order valence-electron chi connectivity index (χ0n) is 9.29. The fourth-order valence-electron chi connectivity index (χ4n) is 1.44. The first-order chi connectivity index (χ1) is 8.58. The van der Waals surface area contributed by atoms with Crippen molar-refractivity contribution in [3.05, 3.63) is 58.6 Å². The summed E-state index contributed by atoms with van der Waals surface area (Å²) in [6.07, 6.45) is 0. The van der Waals surface area contributed by atoms with E-state index in [4.69, 9.17) is 22.1 Å². The van der Waals surface area contributed by atoms with Gasteiger partial charge in [-0.1, -0.05) is 17.7 Å². The second-order valence-corrected chi connectivity index (χ2v) is 4.08. The van der Waals surface area contributed by atoms with E-state index in [1.165, 1.54) is 24.3 Å². The smallest absolute Gasteiger partial charge is 0.132 e. The van der Waals surface area contributed by atoms with Crippen LogP contribution in [0.2, 0.25) is 5.02 Å². The van der Waals surface area contributed by atoms with Crippen LogP contribution in [0.25, 0.3) is 0 Å². The Kier molecular flexibility index (Phi) is 3.67. The van der Waals surface area contributed by atoms with Crippen molar-refractivity contribution < 1.29 is 13.5 Å². The third kappa shape index (κ3) is 2.71. The summed E-state index contributed by atoms with van der Waals surface area (Å²) in [4.78, 5) is 0.